The average molecular weight is 489 g/mol. The first kappa shape index (κ1) is 22.0. The van der Waals surface area contributed by atoms with E-state index in [1.54, 1.807) is 0 Å². The fourth-order valence-electron chi connectivity index (χ4n) is 5.10. The molecule has 0 bridgehead atoms. The van der Waals surface area contributed by atoms with E-state index in [2.05, 4.69) is 125 Å². The minimum atomic E-state index is 0.845. The first-order valence-electron chi connectivity index (χ1n) is 12.7. The summed E-state index contributed by atoms with van der Waals surface area (Å²) in [5.74, 6) is 0.868. The van der Waals surface area contributed by atoms with Crippen LogP contribution in [0, 0.1) is 0 Å². The summed E-state index contributed by atoms with van der Waals surface area (Å²) in [7, 11) is 0. The van der Waals surface area contributed by atoms with Gasteiger partial charge in [0.05, 0.1) is 5.69 Å². The van der Waals surface area contributed by atoms with Crippen LogP contribution in [-0.4, -0.2) is 14.5 Å². The summed E-state index contributed by atoms with van der Waals surface area (Å²) in [4.78, 5) is 12.0. The van der Waals surface area contributed by atoms with Crippen LogP contribution >= 0.6 is 0 Å². The van der Waals surface area contributed by atoms with Gasteiger partial charge in [0.25, 0.3) is 0 Å². The van der Waals surface area contributed by atoms with Crippen LogP contribution in [0.1, 0.15) is 0 Å². The second kappa shape index (κ2) is 9.34. The molecule has 0 aliphatic heterocycles. The molecular weight excluding hydrogens is 464 g/mol. The Morgan fingerprint density at radius 3 is 1.89 bits per heavy atom. The Labute approximate surface area is 221 Å². The molecule has 0 radical (unpaired) electrons. The Hall–Kier alpha value is -5.22. The maximum Gasteiger partial charge on any atom is 0.164 e. The highest BCUT2D eigenvalue weighted by atomic mass is 15.1. The van der Waals surface area contributed by atoms with E-state index in [-0.39, 0.29) is 0 Å². The molecule has 4 heteroatoms. The van der Waals surface area contributed by atoms with Crippen LogP contribution in [-0.2, 0) is 0 Å². The highest BCUT2D eigenvalue weighted by Gasteiger charge is 2.18. The Bertz CT molecular complexity index is 1810. The second-order valence-electron chi connectivity index (χ2n) is 9.17. The molecule has 7 aromatic rings. The topological polar surface area (TPSA) is 34.0 Å². The fourth-order valence-corrected chi connectivity index (χ4v) is 5.10. The number of hydrogen-bond acceptors (Lipinski definition) is 3. The lowest BCUT2D eigenvalue weighted by molar-refractivity contribution is 1.09. The summed E-state index contributed by atoms with van der Waals surface area (Å²) < 4.78 is 2.18. The number of hydrogen-bond donors (Lipinski definition) is 0. The monoisotopic (exact) mass is 488 g/mol. The summed E-state index contributed by atoms with van der Waals surface area (Å²) in [5.41, 5.74) is 7.11. The van der Waals surface area contributed by atoms with Crippen molar-refractivity contribution in [3.05, 3.63) is 146 Å². The van der Waals surface area contributed by atoms with Crippen LogP contribution < -0.4 is 4.90 Å². The maximum atomic E-state index is 5.04. The Kier molecular flexibility index (Phi) is 5.41. The van der Waals surface area contributed by atoms with Crippen LogP contribution in [0.25, 0.3) is 39.0 Å². The van der Waals surface area contributed by atoms with Crippen molar-refractivity contribution >= 4 is 39.0 Å². The van der Waals surface area contributed by atoms with Crippen molar-refractivity contribution in [2.24, 2.45) is 0 Å². The van der Waals surface area contributed by atoms with Crippen LogP contribution in [0.2, 0.25) is 0 Å². The number of nitrogens with zero attached hydrogens (tertiary/aromatic N) is 4. The lowest BCUT2D eigenvalue weighted by atomic mass is 10.1. The summed E-state index contributed by atoms with van der Waals surface area (Å²) in [6, 6.07) is 48.3. The summed E-state index contributed by atoms with van der Waals surface area (Å²) in [6.45, 7) is 0. The Morgan fingerprint density at radius 1 is 0.526 bits per heavy atom. The zero-order valence-electron chi connectivity index (χ0n) is 20.6. The Balaban J connectivity index is 1.39. The number of imidazole rings is 1. The quantitative estimate of drug-likeness (QED) is 0.243. The van der Waals surface area contributed by atoms with E-state index in [9.17, 15) is 0 Å². The van der Waals surface area contributed by atoms with E-state index in [1.807, 2.05) is 30.5 Å². The van der Waals surface area contributed by atoms with Gasteiger partial charge in [0.2, 0.25) is 0 Å². The predicted octanol–water partition coefficient (Wildman–Crippen LogP) is 8.71. The van der Waals surface area contributed by atoms with Gasteiger partial charge in [-0.1, -0.05) is 72.8 Å². The summed E-state index contributed by atoms with van der Waals surface area (Å²) in [5, 5.41) is 2.35. The van der Waals surface area contributed by atoms with Crippen molar-refractivity contribution in [1.29, 1.82) is 0 Å². The molecule has 0 fully saturated rings. The van der Waals surface area contributed by atoms with Gasteiger partial charge in [0.15, 0.2) is 5.65 Å². The van der Waals surface area contributed by atoms with Gasteiger partial charge in [-0.3, -0.25) is 4.57 Å². The van der Waals surface area contributed by atoms with Gasteiger partial charge in [0.1, 0.15) is 11.3 Å². The third-order valence-corrected chi connectivity index (χ3v) is 6.84. The zero-order chi connectivity index (χ0) is 25.3. The molecule has 2 aromatic heterocycles. The Morgan fingerprint density at radius 2 is 1.16 bits per heavy atom. The molecule has 0 N–H and O–H groups in total. The first-order chi connectivity index (χ1) is 18.9. The molecule has 0 spiro atoms. The molecule has 7 rings (SSSR count). The largest absolute Gasteiger partial charge is 0.311 e. The third kappa shape index (κ3) is 3.80. The number of aromatic nitrogens is 3. The van der Waals surface area contributed by atoms with Crippen molar-refractivity contribution in [1.82, 2.24) is 14.5 Å². The molecule has 5 aromatic carbocycles. The van der Waals surface area contributed by atoms with Crippen LogP contribution in [0.4, 0.5) is 17.1 Å². The molecule has 4 nitrogen and oxygen atoms in total. The van der Waals surface area contributed by atoms with Crippen LogP contribution in [0.5, 0.6) is 0 Å². The number of fused-ring (bicyclic) bond motifs is 2. The zero-order valence-corrected chi connectivity index (χ0v) is 20.6. The van der Waals surface area contributed by atoms with E-state index >= 15 is 0 Å². The van der Waals surface area contributed by atoms with Crippen molar-refractivity contribution in [3.63, 3.8) is 0 Å². The highest BCUT2D eigenvalue weighted by Crippen LogP contribution is 2.36. The summed E-state index contributed by atoms with van der Waals surface area (Å²) >= 11 is 0. The highest BCUT2D eigenvalue weighted by molar-refractivity contribution is 5.93. The molecule has 0 amide bonds. The number of pyridine rings is 1. The lowest BCUT2D eigenvalue weighted by Crippen LogP contribution is -2.09. The normalized spacial score (nSPS) is 11.2. The van der Waals surface area contributed by atoms with E-state index in [0.717, 1.165) is 50.7 Å². The predicted molar refractivity (Wildman–Crippen MR) is 156 cm³/mol. The molecule has 38 heavy (non-hydrogen) atoms. The van der Waals surface area contributed by atoms with Gasteiger partial charge in [-0.05, 0) is 72.1 Å². The molecule has 0 unspecified atom stereocenters. The van der Waals surface area contributed by atoms with Gasteiger partial charge in [0, 0.05) is 34.2 Å². The SMILES string of the molecule is c1ccc(N(c2ccccc2)c2ccc(-c3nc4cccnc4n3-c3cccc4ccccc34)cc2)cc1. The number of para-hydroxylation sites is 2. The van der Waals surface area contributed by atoms with Gasteiger partial charge >= 0.3 is 0 Å². The minimum Gasteiger partial charge on any atom is -0.311 e. The molecule has 0 atom stereocenters. The molecule has 180 valence electrons. The average Bonchev–Trinajstić information content (AvgIpc) is 3.38. The van der Waals surface area contributed by atoms with Gasteiger partial charge in [-0.2, -0.15) is 0 Å². The van der Waals surface area contributed by atoms with E-state index in [4.69, 9.17) is 9.97 Å². The van der Waals surface area contributed by atoms with Crippen molar-refractivity contribution in [2.45, 2.75) is 0 Å². The molecule has 0 aliphatic rings. The van der Waals surface area contributed by atoms with Crippen molar-refractivity contribution in [2.75, 3.05) is 4.90 Å². The molecule has 0 aliphatic carbocycles. The smallest absolute Gasteiger partial charge is 0.164 e. The number of benzene rings is 5. The minimum absolute atomic E-state index is 0.845. The van der Waals surface area contributed by atoms with Gasteiger partial charge < -0.3 is 4.90 Å². The lowest BCUT2D eigenvalue weighted by Gasteiger charge is -2.25. The van der Waals surface area contributed by atoms with Crippen molar-refractivity contribution in [3.8, 4) is 17.1 Å². The second-order valence-corrected chi connectivity index (χ2v) is 9.17. The van der Waals surface area contributed by atoms with Crippen molar-refractivity contribution < 1.29 is 0 Å². The molecule has 0 saturated carbocycles. The molecule has 0 saturated heterocycles. The number of anilines is 3. The molecule has 2 heterocycles. The maximum absolute atomic E-state index is 5.04. The van der Waals surface area contributed by atoms with E-state index in [1.165, 1.54) is 5.39 Å². The summed E-state index contributed by atoms with van der Waals surface area (Å²) in [6.07, 6.45) is 1.83. The fraction of sp³-hybridized carbons (Fsp3) is 0. The van der Waals surface area contributed by atoms with Crippen LogP contribution in [0.3, 0.4) is 0 Å². The number of rotatable bonds is 5. The van der Waals surface area contributed by atoms with Crippen LogP contribution in [0.15, 0.2) is 146 Å². The van der Waals surface area contributed by atoms with E-state index in [0.29, 0.717) is 0 Å². The molecular formula is C34H24N4. The third-order valence-electron chi connectivity index (χ3n) is 6.84. The standard InChI is InChI=1S/C34H24N4/c1-3-13-27(14-4-1)37(28-15-5-2-6-16-28)29-22-20-26(21-23-29)33-36-31-18-10-24-35-34(31)38(33)32-19-9-12-25-11-7-8-17-30(25)32/h1-24H. The van der Waals surface area contributed by atoms with E-state index < -0.39 is 0 Å². The van der Waals surface area contributed by atoms with Gasteiger partial charge in [-0.25, -0.2) is 9.97 Å². The first-order valence-corrected chi connectivity index (χ1v) is 12.7. The van der Waals surface area contributed by atoms with Gasteiger partial charge in [-0.15, -0.1) is 0 Å².